The topological polar surface area (TPSA) is 58.4 Å². The van der Waals surface area contributed by atoms with E-state index < -0.39 is 0 Å². The second-order valence-corrected chi connectivity index (χ2v) is 6.88. The van der Waals surface area contributed by atoms with Crippen molar-refractivity contribution in [1.29, 1.82) is 0 Å². The van der Waals surface area contributed by atoms with Crippen molar-refractivity contribution in [2.75, 3.05) is 19.7 Å². The van der Waals surface area contributed by atoms with Gasteiger partial charge in [0.15, 0.2) is 5.69 Å². The summed E-state index contributed by atoms with van der Waals surface area (Å²) in [7, 11) is 0. The molecule has 1 aromatic heterocycles. The van der Waals surface area contributed by atoms with Crippen LogP contribution in [0, 0.1) is 12.3 Å². The van der Waals surface area contributed by atoms with Gasteiger partial charge in [0.1, 0.15) is 0 Å². The molecule has 0 aliphatic carbocycles. The molecule has 1 aliphatic rings. The van der Waals surface area contributed by atoms with Gasteiger partial charge in [0.05, 0.1) is 12.6 Å². The number of carbonyl (C=O) groups excluding carboxylic acids is 1. The third kappa shape index (κ3) is 3.35. The van der Waals surface area contributed by atoms with Crippen LogP contribution >= 0.6 is 0 Å². The second-order valence-electron chi connectivity index (χ2n) is 6.88. The highest BCUT2D eigenvalue weighted by Crippen LogP contribution is 2.29. The maximum Gasteiger partial charge on any atom is 0.274 e. The van der Waals surface area contributed by atoms with E-state index in [2.05, 4.69) is 18.9 Å². The Hall–Kier alpha value is -1.36. The second kappa shape index (κ2) is 6.82. The number of aliphatic hydroxyl groups is 1. The van der Waals surface area contributed by atoms with Gasteiger partial charge in [-0.15, -0.1) is 0 Å². The van der Waals surface area contributed by atoms with E-state index in [-0.39, 0.29) is 17.9 Å². The summed E-state index contributed by atoms with van der Waals surface area (Å²) < 4.78 is 1.99. The Morgan fingerprint density at radius 2 is 2.14 bits per heavy atom. The summed E-state index contributed by atoms with van der Waals surface area (Å²) in [6.45, 7) is 9.83. The van der Waals surface area contributed by atoms with Crippen LogP contribution in [-0.4, -0.2) is 45.4 Å². The molecule has 0 saturated carbocycles. The van der Waals surface area contributed by atoms with Gasteiger partial charge in [-0.25, -0.2) is 0 Å². The van der Waals surface area contributed by atoms with Crippen LogP contribution in [0.4, 0.5) is 0 Å². The zero-order valence-corrected chi connectivity index (χ0v) is 14.3. The Morgan fingerprint density at radius 1 is 1.45 bits per heavy atom. The number of carbonyl (C=O) groups is 1. The summed E-state index contributed by atoms with van der Waals surface area (Å²) in [4.78, 5) is 14.6. The number of aliphatic hydroxyl groups excluding tert-OH is 1. The smallest absolute Gasteiger partial charge is 0.274 e. The SMILES string of the molecule is CCC(CC)n1nc(C(=O)N2CCCC(C)(CO)C2)cc1C. The van der Waals surface area contributed by atoms with E-state index in [1.54, 1.807) is 0 Å². The molecule has 1 atom stereocenters. The first-order valence-electron chi connectivity index (χ1n) is 8.40. The molecule has 1 aromatic rings. The molecule has 2 rings (SSSR count). The highest BCUT2D eigenvalue weighted by atomic mass is 16.3. The van der Waals surface area contributed by atoms with E-state index in [4.69, 9.17) is 0 Å². The van der Waals surface area contributed by atoms with Gasteiger partial charge in [0, 0.05) is 24.2 Å². The van der Waals surface area contributed by atoms with Crippen LogP contribution in [0.5, 0.6) is 0 Å². The van der Waals surface area contributed by atoms with Gasteiger partial charge in [0.25, 0.3) is 5.91 Å². The average molecular weight is 307 g/mol. The lowest BCUT2D eigenvalue weighted by molar-refractivity contribution is 0.0353. The summed E-state index contributed by atoms with van der Waals surface area (Å²) in [6, 6.07) is 2.25. The van der Waals surface area contributed by atoms with Gasteiger partial charge in [-0.05, 0) is 38.7 Å². The number of aromatic nitrogens is 2. The number of hydrogen-bond acceptors (Lipinski definition) is 3. The molecule has 0 spiro atoms. The molecule has 0 bridgehead atoms. The maximum atomic E-state index is 12.7. The van der Waals surface area contributed by atoms with Gasteiger partial charge in [0.2, 0.25) is 0 Å². The Kier molecular flexibility index (Phi) is 5.27. The lowest BCUT2D eigenvalue weighted by Crippen LogP contribution is -2.46. The van der Waals surface area contributed by atoms with Crippen LogP contribution in [0.25, 0.3) is 0 Å². The summed E-state index contributed by atoms with van der Waals surface area (Å²) >= 11 is 0. The number of likely N-dealkylation sites (tertiary alicyclic amines) is 1. The largest absolute Gasteiger partial charge is 0.396 e. The van der Waals surface area contributed by atoms with Crippen molar-refractivity contribution < 1.29 is 9.90 Å². The molecule has 1 amide bonds. The molecule has 2 heterocycles. The monoisotopic (exact) mass is 307 g/mol. The van der Waals surface area contributed by atoms with Crippen LogP contribution in [0.1, 0.15) is 68.7 Å². The third-order valence-electron chi connectivity index (χ3n) is 4.88. The Morgan fingerprint density at radius 3 is 2.73 bits per heavy atom. The van der Waals surface area contributed by atoms with Crippen LogP contribution in [0.15, 0.2) is 6.07 Å². The van der Waals surface area contributed by atoms with Crippen LogP contribution in [0.2, 0.25) is 0 Å². The molecule has 1 unspecified atom stereocenters. The van der Waals surface area contributed by atoms with Crippen molar-refractivity contribution in [2.45, 2.75) is 59.4 Å². The van der Waals surface area contributed by atoms with E-state index in [0.717, 1.165) is 37.9 Å². The molecule has 1 aliphatic heterocycles. The fraction of sp³-hybridized carbons (Fsp3) is 0.765. The molecule has 1 N–H and O–H groups in total. The zero-order valence-electron chi connectivity index (χ0n) is 14.3. The number of piperidine rings is 1. The molecule has 1 saturated heterocycles. The van der Waals surface area contributed by atoms with Gasteiger partial charge in [-0.2, -0.15) is 5.10 Å². The number of nitrogens with zero attached hydrogens (tertiary/aromatic N) is 3. The number of amides is 1. The Bertz CT molecular complexity index is 522. The van der Waals surface area contributed by atoms with Gasteiger partial charge >= 0.3 is 0 Å². The molecular formula is C17H29N3O2. The predicted octanol–water partition coefficient (Wildman–Crippen LogP) is 2.79. The quantitative estimate of drug-likeness (QED) is 0.910. The first-order chi connectivity index (χ1) is 10.4. The van der Waals surface area contributed by atoms with E-state index in [0.29, 0.717) is 18.3 Å². The maximum absolute atomic E-state index is 12.7. The van der Waals surface area contributed by atoms with E-state index in [9.17, 15) is 9.90 Å². The minimum Gasteiger partial charge on any atom is -0.396 e. The molecule has 5 nitrogen and oxygen atoms in total. The van der Waals surface area contributed by atoms with Crippen molar-refractivity contribution in [3.05, 3.63) is 17.5 Å². The van der Waals surface area contributed by atoms with Crippen molar-refractivity contribution in [3.63, 3.8) is 0 Å². The number of rotatable bonds is 5. The molecule has 5 heteroatoms. The predicted molar refractivity (Wildman–Crippen MR) is 86.9 cm³/mol. The standard InChI is InChI=1S/C17H29N3O2/c1-5-14(6-2)20-13(3)10-15(18-20)16(22)19-9-7-8-17(4,11-19)12-21/h10,14,21H,5-9,11-12H2,1-4H3. The number of aryl methyl sites for hydroxylation is 1. The molecular weight excluding hydrogens is 278 g/mol. The molecule has 0 radical (unpaired) electrons. The Labute approximate surface area is 133 Å². The van der Waals surface area contributed by atoms with Crippen LogP contribution in [0.3, 0.4) is 0 Å². The summed E-state index contributed by atoms with van der Waals surface area (Å²) in [5, 5.41) is 14.1. The van der Waals surface area contributed by atoms with E-state index >= 15 is 0 Å². The minimum atomic E-state index is -0.180. The van der Waals surface area contributed by atoms with Crippen LogP contribution < -0.4 is 0 Å². The first-order valence-corrected chi connectivity index (χ1v) is 8.40. The minimum absolute atomic E-state index is 0.00724. The lowest BCUT2D eigenvalue weighted by Gasteiger charge is -2.39. The van der Waals surface area contributed by atoms with Crippen molar-refractivity contribution >= 4 is 5.91 Å². The van der Waals surface area contributed by atoms with Crippen molar-refractivity contribution in [3.8, 4) is 0 Å². The fourth-order valence-corrected chi connectivity index (χ4v) is 3.38. The molecule has 22 heavy (non-hydrogen) atoms. The van der Waals surface area contributed by atoms with Gasteiger partial charge in [-0.1, -0.05) is 20.8 Å². The fourth-order valence-electron chi connectivity index (χ4n) is 3.38. The van der Waals surface area contributed by atoms with E-state index in [1.807, 2.05) is 29.5 Å². The van der Waals surface area contributed by atoms with Crippen molar-refractivity contribution in [1.82, 2.24) is 14.7 Å². The highest BCUT2D eigenvalue weighted by molar-refractivity contribution is 5.92. The summed E-state index contributed by atoms with van der Waals surface area (Å²) in [5.74, 6) is -0.00724. The zero-order chi connectivity index (χ0) is 16.3. The lowest BCUT2D eigenvalue weighted by atomic mass is 9.83. The summed E-state index contributed by atoms with van der Waals surface area (Å²) in [6.07, 6.45) is 3.93. The van der Waals surface area contributed by atoms with Gasteiger partial charge in [-0.3, -0.25) is 9.48 Å². The normalized spacial score (nSPS) is 22.4. The van der Waals surface area contributed by atoms with Gasteiger partial charge < -0.3 is 10.0 Å². The molecule has 0 aromatic carbocycles. The Balaban J connectivity index is 2.18. The third-order valence-corrected chi connectivity index (χ3v) is 4.88. The van der Waals surface area contributed by atoms with Crippen molar-refractivity contribution in [2.24, 2.45) is 5.41 Å². The molecule has 1 fully saturated rings. The summed E-state index contributed by atoms with van der Waals surface area (Å²) in [5.41, 5.74) is 1.39. The van der Waals surface area contributed by atoms with Crippen LogP contribution in [-0.2, 0) is 0 Å². The average Bonchev–Trinajstić information content (AvgIpc) is 2.90. The first kappa shape index (κ1) is 17.0. The highest BCUT2D eigenvalue weighted by Gasteiger charge is 2.33. The number of hydrogen-bond donors (Lipinski definition) is 1. The van der Waals surface area contributed by atoms with E-state index in [1.165, 1.54) is 0 Å². The molecule has 124 valence electrons.